The Labute approximate surface area is 361 Å². The molecule has 0 saturated heterocycles. The number of esters is 2. The number of allylic oxidation sites excluding steroid dienone is 14. The normalized spacial score (nSPS) is 13.7. The number of ether oxygens (including phenoxy) is 3. The fraction of sp³-hybridized carbons (Fsp3) is 0.667. The topological polar surface area (TPSA) is 102 Å². The largest absolute Gasteiger partial charge is 0.544 e. The highest BCUT2D eigenvalue weighted by Gasteiger charge is 2.25. The van der Waals surface area contributed by atoms with Crippen molar-refractivity contribution in [3.63, 3.8) is 0 Å². The number of aliphatic carboxylic acids is 1. The monoisotopic (exact) mass is 824 g/mol. The summed E-state index contributed by atoms with van der Waals surface area (Å²) in [5.41, 5.74) is 0. The van der Waals surface area contributed by atoms with Crippen molar-refractivity contribution in [2.75, 3.05) is 41.0 Å². The first-order chi connectivity index (χ1) is 28.6. The Morgan fingerprint density at radius 3 is 1.44 bits per heavy atom. The lowest BCUT2D eigenvalue weighted by Gasteiger charge is -2.34. The number of hydrogen-bond donors (Lipinski definition) is 0. The van der Waals surface area contributed by atoms with Gasteiger partial charge in [0.25, 0.3) is 0 Å². The van der Waals surface area contributed by atoms with Crippen LogP contribution in [0.25, 0.3) is 0 Å². The fourth-order valence-electron chi connectivity index (χ4n) is 6.32. The number of carbonyl (C=O) groups is 3. The average Bonchev–Trinajstić information content (AvgIpc) is 3.19. The van der Waals surface area contributed by atoms with E-state index >= 15 is 0 Å². The van der Waals surface area contributed by atoms with Crippen molar-refractivity contribution in [1.82, 2.24) is 0 Å². The summed E-state index contributed by atoms with van der Waals surface area (Å²) in [6, 6.07) is -0.739. The minimum Gasteiger partial charge on any atom is -0.544 e. The van der Waals surface area contributed by atoms with E-state index in [9.17, 15) is 19.5 Å². The second-order valence-corrected chi connectivity index (χ2v) is 16.4. The number of carbonyl (C=O) groups excluding carboxylic acids is 3. The number of nitrogens with zero attached hydrogens (tertiary/aromatic N) is 1. The maximum Gasteiger partial charge on any atom is 0.306 e. The van der Waals surface area contributed by atoms with Crippen molar-refractivity contribution in [1.29, 1.82) is 0 Å². The van der Waals surface area contributed by atoms with Crippen molar-refractivity contribution < 1.29 is 38.2 Å². The highest BCUT2D eigenvalue weighted by atomic mass is 16.6. The van der Waals surface area contributed by atoms with Gasteiger partial charge in [0.05, 0.1) is 40.3 Å². The second-order valence-electron chi connectivity index (χ2n) is 16.4. The van der Waals surface area contributed by atoms with E-state index in [4.69, 9.17) is 14.2 Å². The highest BCUT2D eigenvalue weighted by Crippen LogP contribution is 2.14. The Morgan fingerprint density at radius 2 is 0.949 bits per heavy atom. The molecule has 0 amide bonds. The van der Waals surface area contributed by atoms with Crippen LogP contribution in [0.3, 0.4) is 0 Å². The summed E-state index contributed by atoms with van der Waals surface area (Å²) in [4.78, 5) is 36.9. The summed E-state index contributed by atoms with van der Waals surface area (Å²) in [7, 11) is 5.38. The Kier molecular flexibility index (Phi) is 38.8. The zero-order chi connectivity index (χ0) is 43.5. The minimum absolute atomic E-state index is 0.0174. The van der Waals surface area contributed by atoms with Crippen LogP contribution in [0.1, 0.15) is 168 Å². The number of quaternary nitrogens is 1. The Bertz CT molecular complexity index is 1240. The molecular weight excluding hydrogens is 739 g/mol. The predicted molar refractivity (Wildman–Crippen MR) is 245 cm³/mol. The van der Waals surface area contributed by atoms with E-state index in [0.29, 0.717) is 12.8 Å². The molecule has 2 unspecified atom stereocenters. The van der Waals surface area contributed by atoms with Crippen molar-refractivity contribution in [2.24, 2.45) is 0 Å². The molecule has 0 aliphatic rings. The summed E-state index contributed by atoms with van der Waals surface area (Å²) in [6.07, 6.45) is 53.2. The molecule has 2 atom stereocenters. The molecule has 0 bridgehead atoms. The van der Waals surface area contributed by atoms with Crippen LogP contribution < -0.4 is 5.11 Å². The Hall–Kier alpha value is -3.49. The van der Waals surface area contributed by atoms with E-state index in [1.165, 1.54) is 83.5 Å². The molecule has 0 aromatic carbocycles. The molecule has 0 saturated carbocycles. The van der Waals surface area contributed by atoms with Gasteiger partial charge < -0.3 is 28.6 Å². The lowest BCUT2D eigenvalue weighted by Crippen LogP contribution is -2.55. The molecule has 0 fully saturated rings. The second kappa shape index (κ2) is 41.3. The van der Waals surface area contributed by atoms with Gasteiger partial charge in [0.1, 0.15) is 12.6 Å². The number of carboxylic acid groups (broad SMARTS) is 1. The molecule has 8 nitrogen and oxygen atoms in total. The van der Waals surface area contributed by atoms with Gasteiger partial charge in [0.2, 0.25) is 0 Å². The number of rotatable bonds is 40. The van der Waals surface area contributed by atoms with Crippen LogP contribution in [0.4, 0.5) is 0 Å². The van der Waals surface area contributed by atoms with Crippen LogP contribution in [0.5, 0.6) is 0 Å². The van der Waals surface area contributed by atoms with Gasteiger partial charge in [-0.15, -0.1) is 0 Å². The highest BCUT2D eigenvalue weighted by molar-refractivity contribution is 5.70. The SMILES string of the molecule is CC/C=C/C=C/C=C/C=C/C=C/CCCCCC(=O)OC(COCCC(C(=O)[O-])[N+](C)(C)C)COC(=O)CCCCCCCCCCCC/C=C/C=C/CCCCCC. The Morgan fingerprint density at radius 1 is 0.525 bits per heavy atom. The first kappa shape index (κ1) is 55.5. The van der Waals surface area contributed by atoms with E-state index < -0.39 is 18.1 Å². The van der Waals surface area contributed by atoms with Crippen LogP contribution in [-0.4, -0.2) is 75.5 Å². The van der Waals surface area contributed by atoms with Gasteiger partial charge in [-0.25, -0.2) is 0 Å². The van der Waals surface area contributed by atoms with Crippen LogP contribution in [0, 0.1) is 0 Å². The van der Waals surface area contributed by atoms with Crippen LogP contribution in [-0.2, 0) is 28.6 Å². The van der Waals surface area contributed by atoms with Crippen LogP contribution >= 0.6 is 0 Å². The molecule has 0 aliphatic carbocycles. The summed E-state index contributed by atoms with van der Waals surface area (Å²) < 4.78 is 17.1. The molecule has 0 spiro atoms. The number of hydrogen-bond acceptors (Lipinski definition) is 7. The van der Waals surface area contributed by atoms with E-state index in [-0.39, 0.29) is 49.1 Å². The molecule has 8 heteroatoms. The van der Waals surface area contributed by atoms with Gasteiger partial charge in [0.15, 0.2) is 6.10 Å². The lowest BCUT2D eigenvalue weighted by molar-refractivity contribution is -0.889. The molecule has 0 aromatic rings. The van der Waals surface area contributed by atoms with Crippen LogP contribution in [0.2, 0.25) is 0 Å². The first-order valence-electron chi connectivity index (χ1n) is 23.2. The number of carboxylic acids is 1. The molecule has 0 radical (unpaired) electrons. The van der Waals surface area contributed by atoms with Crippen molar-refractivity contribution in [2.45, 2.75) is 180 Å². The third kappa shape index (κ3) is 39.7. The molecule has 0 heterocycles. The zero-order valence-electron chi connectivity index (χ0n) is 38.1. The number of likely N-dealkylation sites (N-methyl/N-ethyl adjacent to an activating group) is 1. The van der Waals surface area contributed by atoms with E-state index in [2.05, 4.69) is 50.3 Å². The standard InChI is InChI=1S/C51H85NO7/c1-6-8-10-12-14-16-18-20-22-23-24-25-26-28-29-31-33-35-37-39-41-49(53)58-46-47(45-57-44-43-48(51(55)56)52(3,4)5)59-50(54)42-40-38-36-34-32-30-27-21-19-17-15-13-11-9-7-2/h9,11,13,15-22,27,30,32,47-48H,6-8,10,12,14,23-26,28-29,31,33-46H2,1-5H3/b11-9+,15-13+,18-16+,19-17+,22-20+,27-21+,32-30+. The van der Waals surface area contributed by atoms with Gasteiger partial charge in [-0.1, -0.05) is 176 Å². The fourth-order valence-corrected chi connectivity index (χ4v) is 6.32. The Balaban J connectivity index is 4.37. The molecule has 59 heavy (non-hydrogen) atoms. The quantitative estimate of drug-likeness (QED) is 0.0262. The third-order valence-electron chi connectivity index (χ3n) is 9.92. The van der Waals surface area contributed by atoms with E-state index in [0.717, 1.165) is 44.9 Å². The van der Waals surface area contributed by atoms with Crippen molar-refractivity contribution in [3.05, 3.63) is 85.1 Å². The van der Waals surface area contributed by atoms with Crippen molar-refractivity contribution >= 4 is 17.9 Å². The molecule has 0 N–H and O–H groups in total. The van der Waals surface area contributed by atoms with Gasteiger partial charge >= 0.3 is 11.9 Å². The summed E-state index contributed by atoms with van der Waals surface area (Å²) >= 11 is 0. The van der Waals surface area contributed by atoms with Gasteiger partial charge in [0, 0.05) is 19.3 Å². The van der Waals surface area contributed by atoms with Gasteiger partial charge in [-0.2, -0.15) is 0 Å². The van der Waals surface area contributed by atoms with E-state index in [1.807, 2.05) is 48.6 Å². The first-order valence-corrected chi connectivity index (χ1v) is 23.2. The number of unbranched alkanes of at least 4 members (excludes halogenated alkanes) is 17. The molecule has 0 aliphatic heterocycles. The third-order valence-corrected chi connectivity index (χ3v) is 9.92. The average molecular weight is 824 g/mol. The summed E-state index contributed by atoms with van der Waals surface area (Å²) in [5, 5.41) is 11.6. The predicted octanol–water partition coefficient (Wildman–Crippen LogP) is 11.6. The van der Waals surface area contributed by atoms with Crippen LogP contribution in [0.15, 0.2) is 85.1 Å². The minimum atomic E-state index is -1.14. The molecule has 0 aromatic heterocycles. The molecule has 0 rings (SSSR count). The molecular formula is C51H85NO7. The van der Waals surface area contributed by atoms with E-state index in [1.54, 1.807) is 21.1 Å². The van der Waals surface area contributed by atoms with Gasteiger partial charge in [-0.3, -0.25) is 9.59 Å². The zero-order valence-corrected chi connectivity index (χ0v) is 38.1. The van der Waals surface area contributed by atoms with Crippen molar-refractivity contribution in [3.8, 4) is 0 Å². The smallest absolute Gasteiger partial charge is 0.306 e. The van der Waals surface area contributed by atoms with Gasteiger partial charge in [-0.05, 0) is 57.8 Å². The molecule has 336 valence electrons. The lowest BCUT2D eigenvalue weighted by atomic mass is 10.1. The maximum absolute atomic E-state index is 12.7. The summed E-state index contributed by atoms with van der Waals surface area (Å²) in [5.74, 6) is -1.80. The summed E-state index contributed by atoms with van der Waals surface area (Å²) in [6.45, 7) is 4.44. The maximum atomic E-state index is 12.7.